The molecule has 0 bridgehead atoms. The molecule has 1 unspecified atom stereocenters. The maximum atomic E-state index is 11.4. The molecular formula is C11H12ClNO2. The van der Waals surface area contributed by atoms with Crippen LogP contribution in [0.5, 0.6) is 0 Å². The Labute approximate surface area is 93.1 Å². The van der Waals surface area contributed by atoms with Gasteiger partial charge in [-0.15, -0.1) is 0 Å². The van der Waals surface area contributed by atoms with E-state index in [0.29, 0.717) is 11.4 Å². The molecule has 2 rings (SSSR count). The van der Waals surface area contributed by atoms with Crippen LogP contribution in [0.2, 0.25) is 5.02 Å². The summed E-state index contributed by atoms with van der Waals surface area (Å²) in [6.07, 6.45) is 0.338. The van der Waals surface area contributed by atoms with Gasteiger partial charge in [0.15, 0.2) is 0 Å². The summed E-state index contributed by atoms with van der Waals surface area (Å²) in [6, 6.07) is 3.67. The van der Waals surface area contributed by atoms with Crippen LogP contribution in [0.4, 0.5) is 5.69 Å². The maximum Gasteiger partial charge on any atom is 0.225 e. The molecule has 1 atom stereocenters. The minimum atomic E-state index is -0.107. The van der Waals surface area contributed by atoms with Crippen molar-refractivity contribution in [1.82, 2.24) is 0 Å². The van der Waals surface area contributed by atoms with Crippen molar-refractivity contribution >= 4 is 23.2 Å². The van der Waals surface area contributed by atoms with Crippen molar-refractivity contribution in [2.75, 3.05) is 11.9 Å². The topological polar surface area (TPSA) is 49.3 Å². The van der Waals surface area contributed by atoms with E-state index in [4.69, 9.17) is 11.6 Å². The quantitative estimate of drug-likeness (QED) is 0.769. The van der Waals surface area contributed by atoms with Crippen LogP contribution in [0.3, 0.4) is 0 Å². The molecule has 1 amide bonds. The van der Waals surface area contributed by atoms with Gasteiger partial charge in [-0.1, -0.05) is 17.7 Å². The lowest BCUT2D eigenvalue weighted by Crippen LogP contribution is -2.25. The van der Waals surface area contributed by atoms with Crippen molar-refractivity contribution < 1.29 is 9.90 Å². The Bertz CT molecular complexity index is 417. The summed E-state index contributed by atoms with van der Waals surface area (Å²) < 4.78 is 0. The lowest BCUT2D eigenvalue weighted by Gasteiger charge is -2.25. The summed E-state index contributed by atoms with van der Waals surface area (Å²) >= 11 is 5.97. The molecule has 15 heavy (non-hydrogen) atoms. The largest absolute Gasteiger partial charge is 0.396 e. The zero-order valence-corrected chi connectivity index (χ0v) is 9.14. The number of rotatable bonds is 1. The molecule has 1 heterocycles. The Balaban J connectivity index is 2.55. The minimum absolute atomic E-state index is 0.0124. The van der Waals surface area contributed by atoms with E-state index in [-0.39, 0.29) is 18.4 Å². The number of carbonyl (C=O) groups excluding carboxylic acids is 1. The van der Waals surface area contributed by atoms with E-state index in [1.54, 1.807) is 6.07 Å². The fraction of sp³-hybridized carbons (Fsp3) is 0.364. The van der Waals surface area contributed by atoms with Gasteiger partial charge in [-0.05, 0) is 24.1 Å². The van der Waals surface area contributed by atoms with E-state index >= 15 is 0 Å². The molecule has 0 aromatic heterocycles. The van der Waals surface area contributed by atoms with Crippen LogP contribution in [0.1, 0.15) is 23.5 Å². The highest BCUT2D eigenvalue weighted by atomic mass is 35.5. The van der Waals surface area contributed by atoms with Crippen LogP contribution in [0.25, 0.3) is 0 Å². The van der Waals surface area contributed by atoms with Gasteiger partial charge in [0.25, 0.3) is 0 Å². The second-order valence-corrected chi connectivity index (χ2v) is 4.18. The average molecular weight is 226 g/mol. The van der Waals surface area contributed by atoms with E-state index in [0.717, 1.165) is 16.8 Å². The summed E-state index contributed by atoms with van der Waals surface area (Å²) in [7, 11) is 0. The van der Waals surface area contributed by atoms with Crippen molar-refractivity contribution in [2.45, 2.75) is 19.3 Å². The molecular weight excluding hydrogens is 214 g/mol. The molecule has 1 aromatic carbocycles. The molecule has 0 saturated heterocycles. The summed E-state index contributed by atoms with van der Waals surface area (Å²) in [5, 5.41) is 12.6. The zero-order valence-electron chi connectivity index (χ0n) is 8.38. The number of aliphatic hydroxyl groups excluding tert-OH is 1. The Morgan fingerprint density at radius 1 is 1.60 bits per heavy atom. The van der Waals surface area contributed by atoms with Crippen LogP contribution < -0.4 is 5.32 Å². The number of amides is 1. The molecule has 4 heteroatoms. The number of benzene rings is 1. The van der Waals surface area contributed by atoms with Crippen LogP contribution in [0, 0.1) is 6.92 Å². The molecule has 1 aliphatic heterocycles. The standard InChI is InChI=1S/C11H12ClNO2/c1-6-9(12)3-2-8-7(5-14)4-10(15)13-11(6)8/h2-3,7,14H,4-5H2,1H3,(H,13,15). The van der Waals surface area contributed by atoms with Crippen molar-refractivity contribution in [1.29, 1.82) is 0 Å². The van der Waals surface area contributed by atoms with Crippen molar-refractivity contribution in [3.05, 3.63) is 28.3 Å². The number of halogens is 1. The van der Waals surface area contributed by atoms with E-state index in [1.165, 1.54) is 0 Å². The monoisotopic (exact) mass is 225 g/mol. The highest BCUT2D eigenvalue weighted by Crippen LogP contribution is 2.36. The van der Waals surface area contributed by atoms with Gasteiger partial charge >= 0.3 is 0 Å². The number of nitrogens with one attached hydrogen (secondary N) is 1. The van der Waals surface area contributed by atoms with Gasteiger partial charge < -0.3 is 10.4 Å². The van der Waals surface area contributed by atoms with E-state index < -0.39 is 0 Å². The predicted molar refractivity (Wildman–Crippen MR) is 59.3 cm³/mol. The SMILES string of the molecule is Cc1c(Cl)ccc2c1NC(=O)CC2CO. The number of aliphatic hydroxyl groups is 1. The molecule has 0 radical (unpaired) electrons. The molecule has 80 valence electrons. The van der Waals surface area contributed by atoms with Crippen LogP contribution in [-0.4, -0.2) is 17.6 Å². The Morgan fingerprint density at radius 2 is 2.33 bits per heavy atom. The van der Waals surface area contributed by atoms with Crippen LogP contribution in [0.15, 0.2) is 12.1 Å². The average Bonchev–Trinajstić information content (AvgIpc) is 2.23. The molecule has 1 aliphatic rings. The third-order valence-electron chi connectivity index (χ3n) is 2.79. The first-order valence-electron chi connectivity index (χ1n) is 4.83. The van der Waals surface area contributed by atoms with Gasteiger partial charge in [0.05, 0.1) is 6.61 Å². The zero-order chi connectivity index (χ0) is 11.0. The Kier molecular flexibility index (Phi) is 2.67. The molecule has 3 nitrogen and oxygen atoms in total. The van der Waals surface area contributed by atoms with E-state index in [9.17, 15) is 9.90 Å². The highest BCUT2D eigenvalue weighted by molar-refractivity contribution is 6.31. The number of anilines is 1. The second kappa shape index (κ2) is 3.83. The van der Waals surface area contributed by atoms with Crippen molar-refractivity contribution in [3.8, 4) is 0 Å². The summed E-state index contributed by atoms with van der Waals surface area (Å²) in [4.78, 5) is 11.4. The summed E-state index contributed by atoms with van der Waals surface area (Å²) in [6.45, 7) is 1.85. The van der Waals surface area contributed by atoms with Gasteiger partial charge in [0.1, 0.15) is 0 Å². The number of hydrogen-bond acceptors (Lipinski definition) is 2. The molecule has 0 saturated carbocycles. The molecule has 1 aromatic rings. The van der Waals surface area contributed by atoms with Crippen molar-refractivity contribution in [2.24, 2.45) is 0 Å². The molecule has 2 N–H and O–H groups in total. The van der Waals surface area contributed by atoms with Gasteiger partial charge in [-0.2, -0.15) is 0 Å². The highest BCUT2D eigenvalue weighted by Gasteiger charge is 2.26. The van der Waals surface area contributed by atoms with Gasteiger partial charge in [0, 0.05) is 23.0 Å². The van der Waals surface area contributed by atoms with Crippen LogP contribution in [-0.2, 0) is 4.79 Å². The Morgan fingerprint density at radius 3 is 3.00 bits per heavy atom. The third-order valence-corrected chi connectivity index (χ3v) is 3.20. The number of carbonyl (C=O) groups is 1. The third kappa shape index (κ3) is 1.73. The first kappa shape index (κ1) is 10.5. The van der Waals surface area contributed by atoms with Gasteiger partial charge in [-0.25, -0.2) is 0 Å². The lowest BCUT2D eigenvalue weighted by molar-refractivity contribution is -0.117. The molecule has 0 aliphatic carbocycles. The summed E-state index contributed by atoms with van der Waals surface area (Å²) in [5.41, 5.74) is 2.59. The maximum absolute atomic E-state index is 11.4. The van der Waals surface area contributed by atoms with Crippen molar-refractivity contribution in [3.63, 3.8) is 0 Å². The van der Waals surface area contributed by atoms with E-state index in [1.807, 2.05) is 13.0 Å². The van der Waals surface area contributed by atoms with Crippen LogP contribution >= 0.6 is 11.6 Å². The molecule has 0 spiro atoms. The predicted octanol–water partition coefficient (Wildman–Crippen LogP) is 2.07. The first-order valence-corrected chi connectivity index (χ1v) is 5.21. The van der Waals surface area contributed by atoms with Gasteiger partial charge in [-0.3, -0.25) is 4.79 Å². The fourth-order valence-electron chi connectivity index (χ4n) is 1.90. The van der Waals surface area contributed by atoms with Gasteiger partial charge in [0.2, 0.25) is 5.91 Å². The molecule has 0 fully saturated rings. The Hall–Kier alpha value is -1.06. The summed E-state index contributed by atoms with van der Waals surface area (Å²) in [5.74, 6) is -0.170. The second-order valence-electron chi connectivity index (χ2n) is 3.77. The lowest BCUT2D eigenvalue weighted by atomic mass is 9.89. The smallest absolute Gasteiger partial charge is 0.225 e. The number of hydrogen-bond donors (Lipinski definition) is 2. The van der Waals surface area contributed by atoms with E-state index in [2.05, 4.69) is 5.32 Å². The fourth-order valence-corrected chi connectivity index (χ4v) is 2.06. The first-order chi connectivity index (χ1) is 7.13. The normalized spacial score (nSPS) is 19.7. The minimum Gasteiger partial charge on any atom is -0.396 e. The number of fused-ring (bicyclic) bond motifs is 1.